The highest BCUT2D eigenvalue weighted by molar-refractivity contribution is 7.99. The number of hydrogen-bond donors (Lipinski definition) is 0. The van der Waals surface area contributed by atoms with E-state index in [1.54, 1.807) is 11.3 Å². The third-order valence-electron chi connectivity index (χ3n) is 5.74. The van der Waals surface area contributed by atoms with E-state index in [0.717, 1.165) is 35.7 Å². The van der Waals surface area contributed by atoms with Gasteiger partial charge in [-0.25, -0.2) is 0 Å². The van der Waals surface area contributed by atoms with E-state index in [2.05, 4.69) is 36.2 Å². The molecular formula is C22H23N3O2S2. The molecule has 0 saturated carbocycles. The molecule has 0 radical (unpaired) electrons. The van der Waals surface area contributed by atoms with Crippen LogP contribution in [0.1, 0.15) is 36.3 Å². The molecule has 7 heteroatoms. The number of aromatic nitrogens is 2. The van der Waals surface area contributed by atoms with Crippen molar-refractivity contribution in [2.24, 2.45) is 5.92 Å². The number of carbonyl (C=O) groups excluding carboxylic acids is 1. The first kappa shape index (κ1) is 18.9. The van der Waals surface area contributed by atoms with Gasteiger partial charge in [-0.3, -0.25) is 4.79 Å². The third kappa shape index (κ3) is 3.62. The van der Waals surface area contributed by atoms with Gasteiger partial charge >= 0.3 is 0 Å². The zero-order valence-electron chi connectivity index (χ0n) is 16.6. The molecule has 150 valence electrons. The molecule has 0 spiro atoms. The lowest BCUT2D eigenvalue weighted by molar-refractivity contribution is -0.116. The summed E-state index contributed by atoms with van der Waals surface area (Å²) >= 11 is 3.08. The maximum absolute atomic E-state index is 12.8. The molecule has 5 nitrogen and oxygen atoms in total. The van der Waals surface area contributed by atoms with Gasteiger partial charge in [0.25, 0.3) is 11.1 Å². The van der Waals surface area contributed by atoms with Gasteiger partial charge in [-0.2, -0.15) is 0 Å². The van der Waals surface area contributed by atoms with Crippen molar-refractivity contribution in [2.45, 2.75) is 50.8 Å². The SMILES string of the molecule is C[C@@H]1CCc2sc(-c3nnc(SCC(=O)N4c5ccccc5C[C@@H]4C)o3)cc2C1. The number of thioether (sulfide) groups is 1. The van der Waals surface area contributed by atoms with Crippen LogP contribution in [0.25, 0.3) is 10.8 Å². The van der Waals surface area contributed by atoms with Crippen molar-refractivity contribution < 1.29 is 9.21 Å². The minimum absolute atomic E-state index is 0.0766. The van der Waals surface area contributed by atoms with Gasteiger partial charge in [0.1, 0.15) is 0 Å². The van der Waals surface area contributed by atoms with E-state index in [9.17, 15) is 4.79 Å². The quantitative estimate of drug-likeness (QED) is 0.551. The first-order chi connectivity index (χ1) is 14.1. The summed E-state index contributed by atoms with van der Waals surface area (Å²) in [6.07, 6.45) is 4.42. The van der Waals surface area contributed by atoms with Crippen molar-refractivity contribution in [1.82, 2.24) is 10.2 Å². The molecule has 0 unspecified atom stereocenters. The van der Waals surface area contributed by atoms with Gasteiger partial charge in [0.15, 0.2) is 0 Å². The molecule has 2 aliphatic rings. The summed E-state index contributed by atoms with van der Waals surface area (Å²) in [5.74, 6) is 1.67. The van der Waals surface area contributed by atoms with Gasteiger partial charge in [0, 0.05) is 16.6 Å². The van der Waals surface area contributed by atoms with Crippen LogP contribution in [0.5, 0.6) is 0 Å². The second-order valence-electron chi connectivity index (χ2n) is 8.01. The standard InChI is InChI=1S/C22H23N3O2S2/c1-13-7-8-18-16(9-13)11-19(29-18)21-23-24-22(27-21)28-12-20(26)25-14(2)10-15-5-3-4-6-17(15)25/h3-6,11,13-14H,7-10,12H2,1-2H3/t13-,14+/m1/s1. The maximum atomic E-state index is 12.8. The van der Waals surface area contributed by atoms with Crippen molar-refractivity contribution in [1.29, 1.82) is 0 Å². The Hall–Kier alpha value is -2.12. The van der Waals surface area contributed by atoms with Crippen molar-refractivity contribution >= 4 is 34.7 Å². The molecule has 0 fully saturated rings. The molecular weight excluding hydrogens is 402 g/mol. The van der Waals surface area contributed by atoms with Crippen molar-refractivity contribution in [3.8, 4) is 10.8 Å². The first-order valence-electron chi connectivity index (χ1n) is 10.1. The number of nitrogens with zero attached hydrogens (tertiary/aromatic N) is 3. The van der Waals surface area contributed by atoms with Crippen LogP contribution in [0.3, 0.4) is 0 Å². The Kier molecular flexibility index (Phi) is 4.95. The number of hydrogen-bond acceptors (Lipinski definition) is 6. The minimum atomic E-state index is 0.0766. The molecule has 5 rings (SSSR count). The highest BCUT2D eigenvalue weighted by Gasteiger charge is 2.30. The monoisotopic (exact) mass is 425 g/mol. The van der Waals surface area contributed by atoms with Crippen LogP contribution < -0.4 is 4.90 Å². The van der Waals surface area contributed by atoms with E-state index < -0.39 is 0 Å². The minimum Gasteiger partial charge on any atom is -0.410 e. The summed E-state index contributed by atoms with van der Waals surface area (Å²) < 4.78 is 5.86. The Balaban J connectivity index is 1.26. The largest absolute Gasteiger partial charge is 0.410 e. The number of aryl methyl sites for hydroxylation is 1. The first-order valence-corrected chi connectivity index (χ1v) is 11.9. The van der Waals surface area contributed by atoms with Crippen LogP contribution >= 0.6 is 23.1 Å². The van der Waals surface area contributed by atoms with Crippen LogP contribution in [-0.2, 0) is 24.1 Å². The molecule has 1 aromatic carbocycles. The van der Waals surface area contributed by atoms with Gasteiger partial charge < -0.3 is 9.32 Å². The molecule has 2 aromatic heterocycles. The van der Waals surface area contributed by atoms with Crippen LogP contribution in [0.2, 0.25) is 0 Å². The zero-order chi connectivity index (χ0) is 20.0. The van der Waals surface area contributed by atoms with Crippen LogP contribution in [-0.4, -0.2) is 27.9 Å². The van der Waals surface area contributed by atoms with Gasteiger partial charge in [-0.15, -0.1) is 21.5 Å². The molecule has 1 aliphatic heterocycles. The lowest BCUT2D eigenvalue weighted by Gasteiger charge is -2.22. The summed E-state index contributed by atoms with van der Waals surface area (Å²) in [6, 6.07) is 10.5. The van der Waals surface area contributed by atoms with Crippen LogP contribution in [0, 0.1) is 5.92 Å². The number of benzene rings is 1. The lowest BCUT2D eigenvalue weighted by atomic mass is 9.90. The molecule has 29 heavy (non-hydrogen) atoms. The summed E-state index contributed by atoms with van der Waals surface area (Å²) in [6.45, 7) is 4.39. The number of para-hydroxylation sites is 1. The fraction of sp³-hybridized carbons (Fsp3) is 0.409. The Morgan fingerprint density at radius 2 is 2.10 bits per heavy atom. The molecule has 0 bridgehead atoms. The summed E-state index contributed by atoms with van der Waals surface area (Å²) in [7, 11) is 0. The summed E-state index contributed by atoms with van der Waals surface area (Å²) in [5.41, 5.74) is 3.68. The van der Waals surface area contributed by atoms with Gasteiger partial charge in [0.05, 0.1) is 10.6 Å². The molecule has 3 aromatic rings. The second-order valence-corrected chi connectivity index (χ2v) is 10.1. The Labute approximate surface area is 178 Å². The lowest BCUT2D eigenvalue weighted by Crippen LogP contribution is -2.36. The number of fused-ring (bicyclic) bond motifs is 2. The molecule has 2 atom stereocenters. The molecule has 1 amide bonds. The van der Waals surface area contributed by atoms with Crippen molar-refractivity contribution in [2.75, 3.05) is 10.7 Å². The fourth-order valence-corrected chi connectivity index (χ4v) is 6.07. The van der Waals surface area contributed by atoms with Gasteiger partial charge in [-0.05, 0) is 61.8 Å². The van der Waals surface area contributed by atoms with Crippen molar-refractivity contribution in [3.63, 3.8) is 0 Å². The average molecular weight is 426 g/mol. The van der Waals surface area contributed by atoms with Crippen LogP contribution in [0.4, 0.5) is 5.69 Å². The predicted octanol–water partition coefficient (Wildman–Crippen LogP) is 4.99. The van der Waals surface area contributed by atoms with E-state index >= 15 is 0 Å². The van der Waals surface area contributed by atoms with Crippen LogP contribution in [0.15, 0.2) is 40.0 Å². The Bertz CT molecular complexity index is 1060. The number of rotatable bonds is 4. The highest BCUT2D eigenvalue weighted by Crippen LogP contribution is 2.37. The topological polar surface area (TPSA) is 59.2 Å². The fourth-order valence-electron chi connectivity index (χ4n) is 4.32. The molecule has 1 aliphatic carbocycles. The Morgan fingerprint density at radius 1 is 1.24 bits per heavy atom. The molecule has 0 saturated heterocycles. The van der Waals surface area contributed by atoms with E-state index in [0.29, 0.717) is 16.9 Å². The highest BCUT2D eigenvalue weighted by atomic mass is 32.2. The van der Waals surface area contributed by atoms with E-state index in [1.165, 1.54) is 34.2 Å². The second kappa shape index (κ2) is 7.61. The van der Waals surface area contributed by atoms with Crippen molar-refractivity contribution in [3.05, 3.63) is 46.3 Å². The Morgan fingerprint density at radius 3 is 3.00 bits per heavy atom. The third-order valence-corrected chi connectivity index (χ3v) is 7.77. The predicted molar refractivity (Wildman–Crippen MR) is 117 cm³/mol. The van der Waals surface area contributed by atoms with E-state index in [-0.39, 0.29) is 11.9 Å². The van der Waals surface area contributed by atoms with E-state index in [1.807, 2.05) is 23.1 Å². The summed E-state index contributed by atoms with van der Waals surface area (Å²) in [4.78, 5) is 17.2. The van der Waals surface area contributed by atoms with Gasteiger partial charge in [-0.1, -0.05) is 36.9 Å². The maximum Gasteiger partial charge on any atom is 0.277 e. The zero-order valence-corrected chi connectivity index (χ0v) is 18.2. The smallest absolute Gasteiger partial charge is 0.277 e. The number of amides is 1. The number of thiophene rings is 1. The number of carbonyl (C=O) groups is 1. The molecule has 3 heterocycles. The van der Waals surface area contributed by atoms with E-state index in [4.69, 9.17) is 4.42 Å². The van der Waals surface area contributed by atoms with Gasteiger partial charge in [0.2, 0.25) is 5.91 Å². The average Bonchev–Trinajstić information content (AvgIpc) is 3.41. The number of anilines is 1. The summed E-state index contributed by atoms with van der Waals surface area (Å²) in [5, 5.41) is 8.83. The normalized spacial score (nSPS) is 20.6. The molecule has 0 N–H and O–H groups in total.